The number of fused-ring (bicyclic) bond motifs is 1. The fraction of sp³-hybridized carbons (Fsp3) is 0.500. The van der Waals surface area contributed by atoms with Crippen LogP contribution in [0.25, 0.3) is 0 Å². The van der Waals surface area contributed by atoms with E-state index in [2.05, 4.69) is 10.2 Å². The topological polar surface area (TPSA) is 51.0 Å². The van der Waals surface area contributed by atoms with Crippen molar-refractivity contribution in [3.8, 4) is 0 Å². The molecule has 1 saturated carbocycles. The van der Waals surface area contributed by atoms with Crippen LogP contribution in [0.5, 0.6) is 0 Å². The van der Waals surface area contributed by atoms with E-state index in [0.717, 1.165) is 31.2 Å². The van der Waals surface area contributed by atoms with Gasteiger partial charge in [0.05, 0.1) is 10.6 Å². The van der Waals surface area contributed by atoms with Gasteiger partial charge in [0.25, 0.3) is 5.91 Å². The molecule has 0 spiro atoms. The van der Waals surface area contributed by atoms with Crippen LogP contribution in [-0.2, 0) is 19.3 Å². The fourth-order valence-corrected chi connectivity index (χ4v) is 3.94. The van der Waals surface area contributed by atoms with Gasteiger partial charge in [0.15, 0.2) is 0 Å². The van der Waals surface area contributed by atoms with Crippen LogP contribution in [0.1, 0.15) is 59.7 Å². The van der Waals surface area contributed by atoms with Gasteiger partial charge in [-0.25, -0.2) is 0 Å². The van der Waals surface area contributed by atoms with E-state index in [0.29, 0.717) is 12.5 Å². The summed E-state index contributed by atoms with van der Waals surface area (Å²) in [4.78, 5) is 14.4. The molecule has 27 heavy (non-hydrogen) atoms. The van der Waals surface area contributed by atoms with Gasteiger partial charge in [-0.2, -0.15) is 13.2 Å². The zero-order chi connectivity index (χ0) is 19.3. The minimum atomic E-state index is -4.54. The number of hydrogen-bond acceptors (Lipinski definition) is 3. The fourth-order valence-electron chi connectivity index (χ4n) is 3.65. The molecule has 1 aromatic heterocycles. The zero-order valence-electron chi connectivity index (χ0n) is 14.6. The molecule has 9 heteroatoms. The van der Waals surface area contributed by atoms with Crippen LogP contribution >= 0.6 is 11.6 Å². The number of aromatic nitrogens is 3. The molecular weight excluding hydrogens is 381 g/mol. The van der Waals surface area contributed by atoms with E-state index < -0.39 is 11.7 Å². The Kier molecular flexibility index (Phi) is 4.41. The van der Waals surface area contributed by atoms with Gasteiger partial charge in [-0.05, 0) is 31.4 Å². The van der Waals surface area contributed by atoms with E-state index in [1.54, 1.807) is 0 Å². The molecule has 1 amide bonds. The molecule has 1 atom stereocenters. The highest BCUT2D eigenvalue weighted by Gasteiger charge is 2.38. The summed E-state index contributed by atoms with van der Waals surface area (Å²) < 4.78 is 41.1. The van der Waals surface area contributed by atoms with Gasteiger partial charge in [0.2, 0.25) is 5.82 Å². The van der Waals surface area contributed by atoms with E-state index in [4.69, 9.17) is 11.6 Å². The van der Waals surface area contributed by atoms with E-state index in [-0.39, 0.29) is 34.9 Å². The summed E-state index contributed by atoms with van der Waals surface area (Å²) in [5.74, 6) is 1.10. The first kappa shape index (κ1) is 18.3. The Morgan fingerprint density at radius 3 is 2.63 bits per heavy atom. The van der Waals surface area contributed by atoms with Crippen molar-refractivity contribution in [3.63, 3.8) is 0 Å². The predicted molar refractivity (Wildman–Crippen MR) is 92.4 cm³/mol. The van der Waals surface area contributed by atoms with Crippen LogP contribution < -0.4 is 0 Å². The summed E-state index contributed by atoms with van der Waals surface area (Å²) in [6, 6.07) is 3.55. The Labute approximate surface area is 159 Å². The number of carbonyl (C=O) groups is 1. The second-order valence-corrected chi connectivity index (χ2v) is 7.56. The number of nitrogens with zero attached hydrogens (tertiary/aromatic N) is 4. The van der Waals surface area contributed by atoms with Gasteiger partial charge in [-0.1, -0.05) is 30.2 Å². The van der Waals surface area contributed by atoms with Crippen molar-refractivity contribution in [1.29, 1.82) is 0 Å². The third-order valence-electron chi connectivity index (χ3n) is 5.41. The normalized spacial score (nSPS) is 20.6. The van der Waals surface area contributed by atoms with Crippen LogP contribution in [0.4, 0.5) is 13.2 Å². The minimum Gasteiger partial charge on any atom is -0.327 e. The molecule has 0 saturated heterocycles. The molecule has 5 nitrogen and oxygen atoms in total. The van der Waals surface area contributed by atoms with Gasteiger partial charge in [0, 0.05) is 25.0 Å². The van der Waals surface area contributed by atoms with Gasteiger partial charge < -0.3 is 9.47 Å². The third-order valence-corrected chi connectivity index (χ3v) is 5.85. The highest BCUT2D eigenvalue weighted by molar-refractivity contribution is 6.32. The highest BCUT2D eigenvalue weighted by Crippen LogP contribution is 2.38. The summed E-state index contributed by atoms with van der Waals surface area (Å²) in [6.07, 6.45) is -1.30. The minimum absolute atomic E-state index is 0.00558. The summed E-state index contributed by atoms with van der Waals surface area (Å²) in [5, 5.41) is 7.89. The largest absolute Gasteiger partial charge is 0.417 e. The van der Waals surface area contributed by atoms with Gasteiger partial charge >= 0.3 is 6.18 Å². The molecule has 0 radical (unpaired) electrons. The molecule has 0 N–H and O–H groups in total. The number of alkyl halides is 3. The molecule has 1 aliphatic carbocycles. The second kappa shape index (κ2) is 6.51. The SMILES string of the molecule is CC1Cn2c(nnc2C2CCC2)C(=O)N1Cc1cccc(C(F)(F)F)c1Cl. The molecule has 1 aromatic carbocycles. The smallest absolute Gasteiger partial charge is 0.327 e. The number of halogens is 4. The lowest BCUT2D eigenvalue weighted by molar-refractivity contribution is -0.137. The summed E-state index contributed by atoms with van der Waals surface area (Å²) in [6.45, 7) is 2.39. The summed E-state index contributed by atoms with van der Waals surface area (Å²) in [7, 11) is 0. The quantitative estimate of drug-likeness (QED) is 0.776. The molecule has 4 rings (SSSR count). The average Bonchev–Trinajstić information content (AvgIpc) is 2.94. The van der Waals surface area contributed by atoms with E-state index in [1.807, 2.05) is 11.5 Å². The maximum Gasteiger partial charge on any atom is 0.417 e. The molecule has 144 valence electrons. The Morgan fingerprint density at radius 1 is 1.26 bits per heavy atom. The first-order valence-corrected chi connectivity index (χ1v) is 9.24. The van der Waals surface area contributed by atoms with Gasteiger partial charge in [-0.15, -0.1) is 10.2 Å². The van der Waals surface area contributed by atoms with Crippen LogP contribution in [0, 0.1) is 0 Å². The number of rotatable bonds is 3. The Balaban J connectivity index is 1.62. The van der Waals surface area contributed by atoms with Gasteiger partial charge in [-0.3, -0.25) is 4.79 Å². The van der Waals surface area contributed by atoms with E-state index in [1.165, 1.54) is 17.0 Å². The number of carbonyl (C=O) groups excluding carboxylic acids is 1. The number of hydrogen-bond donors (Lipinski definition) is 0. The van der Waals surface area contributed by atoms with Crippen molar-refractivity contribution in [3.05, 3.63) is 46.0 Å². The third kappa shape index (κ3) is 3.09. The Hall–Kier alpha value is -2.09. The van der Waals surface area contributed by atoms with Crippen LogP contribution in [0.15, 0.2) is 18.2 Å². The predicted octanol–water partition coefficient (Wildman–Crippen LogP) is 4.26. The standard InChI is InChI=1S/C18H18ClF3N4O/c1-10-8-26-15(11-4-2-5-11)23-24-16(26)17(27)25(10)9-12-6-3-7-13(14(12)19)18(20,21)22/h3,6-7,10-11H,2,4-5,8-9H2,1H3. The number of amides is 1. The zero-order valence-corrected chi connectivity index (χ0v) is 15.4. The molecule has 1 aliphatic heterocycles. The Morgan fingerprint density at radius 2 is 2.00 bits per heavy atom. The molecule has 1 fully saturated rings. The number of benzene rings is 1. The van der Waals surface area contributed by atoms with Crippen molar-refractivity contribution >= 4 is 17.5 Å². The molecule has 1 unspecified atom stereocenters. The van der Waals surface area contributed by atoms with Crippen LogP contribution in [0.3, 0.4) is 0 Å². The monoisotopic (exact) mass is 398 g/mol. The van der Waals surface area contributed by atoms with Crippen molar-refractivity contribution in [2.75, 3.05) is 0 Å². The lowest BCUT2D eigenvalue weighted by atomic mass is 9.84. The van der Waals surface area contributed by atoms with E-state index >= 15 is 0 Å². The molecule has 2 aromatic rings. The summed E-state index contributed by atoms with van der Waals surface area (Å²) >= 11 is 5.99. The molecule has 2 heterocycles. The molecular formula is C18H18ClF3N4O. The Bertz CT molecular complexity index is 891. The summed E-state index contributed by atoms with van der Waals surface area (Å²) in [5.41, 5.74) is -0.631. The first-order chi connectivity index (χ1) is 12.8. The second-order valence-electron chi connectivity index (χ2n) is 7.18. The van der Waals surface area contributed by atoms with Crippen molar-refractivity contribution in [2.45, 2.75) is 57.4 Å². The first-order valence-electron chi connectivity index (χ1n) is 8.86. The van der Waals surface area contributed by atoms with Crippen molar-refractivity contribution < 1.29 is 18.0 Å². The van der Waals surface area contributed by atoms with Crippen LogP contribution in [0.2, 0.25) is 5.02 Å². The van der Waals surface area contributed by atoms with Crippen molar-refractivity contribution in [2.24, 2.45) is 0 Å². The molecule has 0 bridgehead atoms. The van der Waals surface area contributed by atoms with Crippen molar-refractivity contribution in [1.82, 2.24) is 19.7 Å². The maximum absolute atomic E-state index is 13.1. The lowest BCUT2D eigenvalue weighted by Crippen LogP contribution is -2.46. The molecule has 2 aliphatic rings. The van der Waals surface area contributed by atoms with E-state index in [9.17, 15) is 18.0 Å². The van der Waals surface area contributed by atoms with Crippen LogP contribution in [-0.4, -0.2) is 31.6 Å². The lowest BCUT2D eigenvalue weighted by Gasteiger charge is -2.35. The van der Waals surface area contributed by atoms with Gasteiger partial charge in [0.1, 0.15) is 5.82 Å². The maximum atomic E-state index is 13.1. The average molecular weight is 399 g/mol. The highest BCUT2D eigenvalue weighted by atomic mass is 35.5.